The van der Waals surface area contributed by atoms with Crippen LogP contribution in [-0.2, 0) is 9.53 Å². The quantitative estimate of drug-likeness (QED) is 0.572. The number of carbonyl (C=O) groups excluding carboxylic acids is 1. The SMILES string of the molecule is CCOC(=O)C(=CN(C)C)n1ccccc1=O. The molecule has 0 atom stereocenters. The van der Waals surface area contributed by atoms with Crippen molar-refractivity contribution in [1.82, 2.24) is 9.47 Å². The molecule has 0 radical (unpaired) electrons. The maximum atomic E-state index is 11.8. The van der Waals surface area contributed by atoms with Gasteiger partial charge in [0.05, 0.1) is 6.61 Å². The molecule has 0 saturated carbocycles. The number of rotatable bonds is 4. The molecule has 5 heteroatoms. The van der Waals surface area contributed by atoms with Crippen molar-refractivity contribution in [3.8, 4) is 0 Å². The molecular weight excluding hydrogens is 220 g/mol. The molecule has 0 aliphatic carbocycles. The summed E-state index contributed by atoms with van der Waals surface area (Å²) in [5.74, 6) is -0.519. The monoisotopic (exact) mass is 236 g/mol. The Hall–Kier alpha value is -2.04. The fourth-order valence-corrected chi connectivity index (χ4v) is 1.29. The minimum absolute atomic E-state index is 0.197. The molecular formula is C12H16N2O3. The minimum Gasteiger partial charge on any atom is -0.461 e. The molecule has 5 nitrogen and oxygen atoms in total. The Morgan fingerprint density at radius 1 is 1.47 bits per heavy atom. The molecule has 1 rings (SSSR count). The first-order valence-electron chi connectivity index (χ1n) is 5.29. The highest BCUT2D eigenvalue weighted by Crippen LogP contribution is 2.05. The molecule has 0 N–H and O–H groups in total. The van der Waals surface area contributed by atoms with Crippen molar-refractivity contribution < 1.29 is 9.53 Å². The highest BCUT2D eigenvalue weighted by atomic mass is 16.5. The lowest BCUT2D eigenvalue weighted by molar-refractivity contribution is -0.136. The van der Waals surface area contributed by atoms with Crippen LogP contribution in [0.5, 0.6) is 0 Å². The van der Waals surface area contributed by atoms with Crippen LogP contribution in [0.4, 0.5) is 0 Å². The summed E-state index contributed by atoms with van der Waals surface area (Å²) in [6.07, 6.45) is 3.09. The van der Waals surface area contributed by atoms with E-state index in [1.807, 2.05) is 0 Å². The van der Waals surface area contributed by atoms with E-state index >= 15 is 0 Å². The largest absolute Gasteiger partial charge is 0.461 e. The summed E-state index contributed by atoms with van der Waals surface area (Å²) in [7, 11) is 3.54. The Morgan fingerprint density at radius 3 is 2.71 bits per heavy atom. The highest BCUT2D eigenvalue weighted by Gasteiger charge is 2.14. The van der Waals surface area contributed by atoms with Crippen LogP contribution in [0.2, 0.25) is 0 Å². The lowest BCUT2D eigenvalue weighted by Gasteiger charge is -2.12. The number of esters is 1. The summed E-state index contributed by atoms with van der Waals surface area (Å²) >= 11 is 0. The van der Waals surface area contributed by atoms with Crippen molar-refractivity contribution in [1.29, 1.82) is 0 Å². The van der Waals surface area contributed by atoms with E-state index in [0.717, 1.165) is 0 Å². The van der Waals surface area contributed by atoms with Gasteiger partial charge in [-0.05, 0) is 13.0 Å². The van der Waals surface area contributed by atoms with Crippen molar-refractivity contribution >= 4 is 11.7 Å². The van der Waals surface area contributed by atoms with Crippen LogP contribution in [0.1, 0.15) is 6.92 Å². The second-order valence-corrected chi connectivity index (χ2v) is 3.61. The number of hydrogen-bond acceptors (Lipinski definition) is 4. The summed E-state index contributed by atoms with van der Waals surface area (Å²) in [6, 6.07) is 4.70. The molecule has 0 bridgehead atoms. The first-order valence-corrected chi connectivity index (χ1v) is 5.29. The molecule has 0 fully saturated rings. The third kappa shape index (κ3) is 3.48. The van der Waals surface area contributed by atoms with Gasteiger partial charge in [-0.25, -0.2) is 4.79 Å². The summed E-state index contributed by atoms with van der Waals surface area (Å²) in [5.41, 5.74) is -0.0731. The van der Waals surface area contributed by atoms with Gasteiger partial charge in [0.1, 0.15) is 0 Å². The van der Waals surface area contributed by atoms with Crippen molar-refractivity contribution in [3.05, 3.63) is 40.9 Å². The van der Waals surface area contributed by atoms with E-state index in [2.05, 4.69) is 0 Å². The first-order chi connectivity index (χ1) is 8.06. The Kier molecular flexibility index (Phi) is 4.51. The van der Waals surface area contributed by atoms with Gasteiger partial charge >= 0.3 is 5.97 Å². The standard InChI is InChI=1S/C12H16N2O3/c1-4-17-12(16)10(9-13(2)3)14-8-6-5-7-11(14)15/h5-9H,4H2,1-3H3. The molecule has 0 aliphatic rings. The van der Waals surface area contributed by atoms with Gasteiger partial charge in [-0.3, -0.25) is 9.36 Å². The van der Waals surface area contributed by atoms with Crippen LogP contribution in [0.15, 0.2) is 35.4 Å². The zero-order chi connectivity index (χ0) is 12.8. The second-order valence-electron chi connectivity index (χ2n) is 3.61. The predicted molar refractivity (Wildman–Crippen MR) is 65.3 cm³/mol. The van der Waals surface area contributed by atoms with Crippen molar-refractivity contribution in [3.63, 3.8) is 0 Å². The fourth-order valence-electron chi connectivity index (χ4n) is 1.29. The topological polar surface area (TPSA) is 51.5 Å². The highest BCUT2D eigenvalue weighted by molar-refractivity contribution is 6.09. The lowest BCUT2D eigenvalue weighted by atomic mass is 10.4. The summed E-state index contributed by atoms with van der Waals surface area (Å²) in [4.78, 5) is 25.1. The average molecular weight is 236 g/mol. The van der Waals surface area contributed by atoms with Gasteiger partial charge in [0.2, 0.25) is 0 Å². The van der Waals surface area contributed by atoms with E-state index in [-0.39, 0.29) is 17.9 Å². The predicted octanol–water partition coefficient (Wildman–Crippen LogP) is 0.771. The Morgan fingerprint density at radius 2 is 2.18 bits per heavy atom. The van der Waals surface area contributed by atoms with E-state index in [9.17, 15) is 9.59 Å². The molecule has 0 amide bonds. The van der Waals surface area contributed by atoms with Crippen LogP contribution < -0.4 is 5.56 Å². The van der Waals surface area contributed by atoms with Gasteiger partial charge in [0.25, 0.3) is 5.56 Å². The van der Waals surface area contributed by atoms with E-state index in [1.165, 1.54) is 16.8 Å². The second kappa shape index (κ2) is 5.89. The van der Waals surface area contributed by atoms with E-state index in [1.54, 1.807) is 44.3 Å². The number of hydrogen-bond donors (Lipinski definition) is 0. The Labute approximate surface area is 99.9 Å². The molecule has 0 saturated heterocycles. The number of carbonyl (C=O) groups is 1. The van der Waals surface area contributed by atoms with Gasteiger partial charge in [-0.2, -0.15) is 0 Å². The molecule has 0 spiro atoms. The number of pyridine rings is 1. The van der Waals surface area contributed by atoms with Crippen LogP contribution in [0.25, 0.3) is 5.70 Å². The van der Waals surface area contributed by atoms with Crippen molar-refractivity contribution in [2.24, 2.45) is 0 Å². The summed E-state index contributed by atoms with van der Waals surface area (Å²) in [6.45, 7) is 1.99. The smallest absolute Gasteiger partial charge is 0.356 e. The molecule has 1 heterocycles. The lowest BCUT2D eigenvalue weighted by Crippen LogP contribution is -2.24. The molecule has 0 aliphatic heterocycles. The number of aromatic nitrogens is 1. The average Bonchev–Trinajstić information content (AvgIpc) is 2.27. The molecule has 1 aromatic rings. The van der Waals surface area contributed by atoms with Crippen LogP contribution in [0, 0.1) is 0 Å². The van der Waals surface area contributed by atoms with Gasteiger partial charge in [-0.1, -0.05) is 6.07 Å². The molecule has 0 unspecified atom stereocenters. The minimum atomic E-state index is -0.519. The zero-order valence-electron chi connectivity index (χ0n) is 10.2. The molecule has 17 heavy (non-hydrogen) atoms. The van der Waals surface area contributed by atoms with Crippen molar-refractivity contribution in [2.75, 3.05) is 20.7 Å². The maximum Gasteiger partial charge on any atom is 0.356 e. The van der Waals surface area contributed by atoms with Gasteiger partial charge < -0.3 is 9.64 Å². The van der Waals surface area contributed by atoms with Gasteiger partial charge in [0, 0.05) is 32.6 Å². The van der Waals surface area contributed by atoms with E-state index < -0.39 is 5.97 Å². The third-order valence-electron chi connectivity index (χ3n) is 1.95. The fraction of sp³-hybridized carbons (Fsp3) is 0.333. The summed E-state index contributed by atoms with van der Waals surface area (Å²) in [5, 5.41) is 0. The Balaban J connectivity index is 3.21. The van der Waals surface area contributed by atoms with Gasteiger partial charge in [-0.15, -0.1) is 0 Å². The first kappa shape index (κ1) is 13.0. The third-order valence-corrected chi connectivity index (χ3v) is 1.95. The van der Waals surface area contributed by atoms with E-state index in [4.69, 9.17) is 4.74 Å². The van der Waals surface area contributed by atoms with Crippen molar-refractivity contribution in [2.45, 2.75) is 6.92 Å². The van der Waals surface area contributed by atoms with E-state index in [0.29, 0.717) is 0 Å². The number of ether oxygens (including phenoxy) is 1. The summed E-state index contributed by atoms with van der Waals surface area (Å²) < 4.78 is 6.18. The van der Waals surface area contributed by atoms with Crippen LogP contribution in [-0.4, -0.2) is 36.1 Å². The van der Waals surface area contributed by atoms with Crippen LogP contribution in [0.3, 0.4) is 0 Å². The Bertz CT molecular complexity index is 475. The molecule has 92 valence electrons. The number of nitrogens with zero attached hydrogens (tertiary/aromatic N) is 2. The molecule has 0 aromatic carbocycles. The maximum absolute atomic E-state index is 11.8. The van der Waals surface area contributed by atoms with Gasteiger partial charge in [0.15, 0.2) is 5.70 Å². The normalized spacial score (nSPS) is 11.1. The zero-order valence-corrected chi connectivity index (χ0v) is 10.2. The molecule has 1 aromatic heterocycles. The van der Waals surface area contributed by atoms with Crippen LogP contribution >= 0.6 is 0 Å².